The van der Waals surface area contributed by atoms with Crippen molar-refractivity contribution in [3.05, 3.63) is 0 Å². The van der Waals surface area contributed by atoms with Gasteiger partial charge < -0.3 is 5.11 Å². The number of hydrogen-bond acceptors (Lipinski definition) is 1. The molecular formula is C28H56O2. The zero-order valence-electron chi connectivity index (χ0n) is 21.2. The Hall–Kier alpha value is -0.530. The lowest BCUT2D eigenvalue weighted by Gasteiger charge is -2.25. The standard InChI is InChI=1S/C28H56O2/c1-5-8-10-11-12-13-14-15-16-17-18-19-20-22-25(4)27(28(29)30)24-26(21-7-3)23-9-6-2/h25-27H,5-24H2,1-4H3,(H,29,30). The zero-order chi connectivity index (χ0) is 22.5. The first-order valence-electron chi connectivity index (χ1n) is 13.8. The maximum atomic E-state index is 11.9. The van der Waals surface area contributed by atoms with E-state index in [1.165, 1.54) is 116 Å². The number of aliphatic carboxylic acids is 1. The van der Waals surface area contributed by atoms with Crippen LogP contribution in [0.3, 0.4) is 0 Å². The van der Waals surface area contributed by atoms with Crippen LogP contribution in [0.1, 0.15) is 156 Å². The van der Waals surface area contributed by atoms with Crippen molar-refractivity contribution in [2.75, 3.05) is 0 Å². The number of carboxylic acids is 1. The highest BCUT2D eigenvalue weighted by atomic mass is 16.4. The van der Waals surface area contributed by atoms with Crippen molar-refractivity contribution in [2.45, 2.75) is 156 Å². The van der Waals surface area contributed by atoms with Gasteiger partial charge in [0.2, 0.25) is 0 Å². The molecule has 0 spiro atoms. The molecule has 0 heterocycles. The highest BCUT2D eigenvalue weighted by molar-refractivity contribution is 5.70. The Labute approximate surface area is 190 Å². The first kappa shape index (κ1) is 29.5. The topological polar surface area (TPSA) is 37.3 Å². The number of hydrogen-bond donors (Lipinski definition) is 1. The Kier molecular flexibility index (Phi) is 21.3. The van der Waals surface area contributed by atoms with E-state index < -0.39 is 5.97 Å². The van der Waals surface area contributed by atoms with Crippen LogP contribution in [0.4, 0.5) is 0 Å². The maximum Gasteiger partial charge on any atom is 0.306 e. The van der Waals surface area contributed by atoms with Crippen molar-refractivity contribution in [1.82, 2.24) is 0 Å². The van der Waals surface area contributed by atoms with E-state index >= 15 is 0 Å². The van der Waals surface area contributed by atoms with E-state index in [-0.39, 0.29) is 5.92 Å². The SMILES string of the molecule is CCCCCCCCCCCCCCCC(C)C(CC(CCC)CCCC)C(=O)O. The molecule has 0 saturated carbocycles. The highest BCUT2D eigenvalue weighted by Crippen LogP contribution is 2.30. The van der Waals surface area contributed by atoms with Crippen LogP contribution in [0, 0.1) is 17.8 Å². The summed E-state index contributed by atoms with van der Waals surface area (Å²) in [6.45, 7) is 8.92. The number of rotatable bonds is 23. The lowest BCUT2D eigenvalue weighted by atomic mass is 9.80. The van der Waals surface area contributed by atoms with Crippen molar-refractivity contribution in [1.29, 1.82) is 0 Å². The molecule has 0 fully saturated rings. The van der Waals surface area contributed by atoms with Crippen molar-refractivity contribution in [3.8, 4) is 0 Å². The molecule has 0 amide bonds. The van der Waals surface area contributed by atoms with Gasteiger partial charge in [-0.15, -0.1) is 0 Å². The summed E-state index contributed by atoms with van der Waals surface area (Å²) in [6, 6.07) is 0. The molecule has 0 aliphatic heterocycles. The summed E-state index contributed by atoms with van der Waals surface area (Å²) < 4.78 is 0. The van der Waals surface area contributed by atoms with Gasteiger partial charge >= 0.3 is 5.97 Å². The van der Waals surface area contributed by atoms with Gasteiger partial charge in [-0.25, -0.2) is 0 Å². The van der Waals surface area contributed by atoms with E-state index in [4.69, 9.17) is 0 Å². The second kappa shape index (κ2) is 21.7. The van der Waals surface area contributed by atoms with E-state index in [2.05, 4.69) is 27.7 Å². The predicted molar refractivity (Wildman–Crippen MR) is 133 cm³/mol. The molecule has 2 heteroatoms. The minimum Gasteiger partial charge on any atom is -0.481 e. The molecule has 30 heavy (non-hydrogen) atoms. The molecular weight excluding hydrogens is 368 g/mol. The molecule has 0 aromatic carbocycles. The van der Waals surface area contributed by atoms with Crippen molar-refractivity contribution >= 4 is 5.97 Å². The van der Waals surface area contributed by atoms with Gasteiger partial charge in [-0.05, 0) is 24.7 Å². The maximum absolute atomic E-state index is 11.9. The summed E-state index contributed by atoms with van der Waals surface area (Å²) in [6.07, 6.45) is 25.9. The molecule has 0 aliphatic rings. The first-order chi connectivity index (χ1) is 14.6. The number of carboxylic acid groups (broad SMARTS) is 1. The van der Waals surface area contributed by atoms with Crippen LogP contribution < -0.4 is 0 Å². The fraction of sp³-hybridized carbons (Fsp3) is 0.964. The largest absolute Gasteiger partial charge is 0.481 e. The van der Waals surface area contributed by atoms with Gasteiger partial charge in [0.25, 0.3) is 0 Å². The van der Waals surface area contributed by atoms with E-state index in [0.717, 1.165) is 12.8 Å². The molecule has 0 radical (unpaired) electrons. The third-order valence-electron chi connectivity index (χ3n) is 7.02. The van der Waals surface area contributed by atoms with Crippen LogP contribution in [-0.4, -0.2) is 11.1 Å². The zero-order valence-corrected chi connectivity index (χ0v) is 21.2. The van der Waals surface area contributed by atoms with Gasteiger partial charge in [-0.1, -0.05) is 143 Å². The van der Waals surface area contributed by atoms with Crippen molar-refractivity contribution in [2.24, 2.45) is 17.8 Å². The monoisotopic (exact) mass is 424 g/mol. The molecule has 0 aromatic heterocycles. The van der Waals surface area contributed by atoms with E-state index in [1.807, 2.05) is 0 Å². The summed E-state index contributed by atoms with van der Waals surface area (Å²) in [7, 11) is 0. The van der Waals surface area contributed by atoms with Crippen LogP contribution in [0.25, 0.3) is 0 Å². The molecule has 0 bridgehead atoms. The minimum atomic E-state index is -0.560. The molecule has 0 rings (SSSR count). The Morgan fingerprint density at radius 3 is 1.50 bits per heavy atom. The van der Waals surface area contributed by atoms with Gasteiger partial charge in [0.1, 0.15) is 0 Å². The predicted octanol–water partition coefficient (Wildman–Crippen LogP) is 9.80. The number of carbonyl (C=O) groups is 1. The van der Waals surface area contributed by atoms with Crippen LogP contribution in [0.15, 0.2) is 0 Å². The van der Waals surface area contributed by atoms with E-state index in [0.29, 0.717) is 11.8 Å². The van der Waals surface area contributed by atoms with Gasteiger partial charge in [-0.2, -0.15) is 0 Å². The van der Waals surface area contributed by atoms with E-state index in [9.17, 15) is 9.90 Å². The average molecular weight is 425 g/mol. The van der Waals surface area contributed by atoms with Gasteiger partial charge in [0.15, 0.2) is 0 Å². The lowest BCUT2D eigenvalue weighted by Crippen LogP contribution is -2.25. The summed E-state index contributed by atoms with van der Waals surface area (Å²) in [5.74, 6) is 0.215. The molecule has 0 aliphatic carbocycles. The quantitative estimate of drug-likeness (QED) is 0.166. The summed E-state index contributed by atoms with van der Waals surface area (Å²) in [5, 5.41) is 9.79. The van der Waals surface area contributed by atoms with E-state index in [1.54, 1.807) is 0 Å². The fourth-order valence-corrected chi connectivity index (χ4v) is 4.90. The summed E-state index contributed by atoms with van der Waals surface area (Å²) in [4.78, 5) is 11.9. The van der Waals surface area contributed by atoms with Crippen LogP contribution in [0.2, 0.25) is 0 Å². The molecule has 0 aromatic rings. The number of unbranched alkanes of at least 4 members (excludes halogenated alkanes) is 13. The lowest BCUT2D eigenvalue weighted by molar-refractivity contribution is -0.144. The van der Waals surface area contributed by atoms with Crippen LogP contribution >= 0.6 is 0 Å². The first-order valence-corrected chi connectivity index (χ1v) is 13.8. The van der Waals surface area contributed by atoms with Crippen molar-refractivity contribution in [3.63, 3.8) is 0 Å². The third-order valence-corrected chi connectivity index (χ3v) is 7.02. The Bertz CT molecular complexity index is 366. The summed E-state index contributed by atoms with van der Waals surface area (Å²) in [5.41, 5.74) is 0. The summed E-state index contributed by atoms with van der Waals surface area (Å²) >= 11 is 0. The Morgan fingerprint density at radius 2 is 1.07 bits per heavy atom. The second-order valence-electron chi connectivity index (χ2n) is 9.99. The molecule has 0 saturated heterocycles. The van der Waals surface area contributed by atoms with Crippen molar-refractivity contribution < 1.29 is 9.90 Å². The molecule has 3 atom stereocenters. The molecule has 3 unspecified atom stereocenters. The molecule has 2 nitrogen and oxygen atoms in total. The third kappa shape index (κ3) is 17.2. The Morgan fingerprint density at radius 1 is 0.600 bits per heavy atom. The van der Waals surface area contributed by atoms with Crippen LogP contribution in [0.5, 0.6) is 0 Å². The fourth-order valence-electron chi connectivity index (χ4n) is 4.90. The average Bonchev–Trinajstić information content (AvgIpc) is 2.72. The minimum absolute atomic E-state index is 0.143. The molecule has 1 N–H and O–H groups in total. The van der Waals surface area contributed by atoms with Gasteiger partial charge in [-0.3, -0.25) is 4.79 Å². The normalized spacial score (nSPS) is 14.5. The molecule has 180 valence electrons. The Balaban J connectivity index is 3.84. The van der Waals surface area contributed by atoms with Gasteiger partial charge in [0, 0.05) is 0 Å². The smallest absolute Gasteiger partial charge is 0.306 e. The highest BCUT2D eigenvalue weighted by Gasteiger charge is 2.27. The second-order valence-corrected chi connectivity index (χ2v) is 9.99. The van der Waals surface area contributed by atoms with Gasteiger partial charge in [0.05, 0.1) is 5.92 Å². The van der Waals surface area contributed by atoms with Crippen LogP contribution in [-0.2, 0) is 4.79 Å².